The Morgan fingerprint density at radius 1 is 1.31 bits per heavy atom. The third kappa shape index (κ3) is 2.82. The van der Waals surface area contributed by atoms with Gasteiger partial charge in [0.2, 0.25) is 0 Å². The van der Waals surface area contributed by atoms with Gasteiger partial charge in [0.15, 0.2) is 0 Å². The summed E-state index contributed by atoms with van der Waals surface area (Å²) in [5.74, 6) is 0.880. The van der Waals surface area contributed by atoms with Gasteiger partial charge in [0, 0.05) is 19.8 Å². The Hall–Kier alpha value is -1.44. The first kappa shape index (κ1) is 9.65. The monoisotopic (exact) mass is 177 g/mol. The minimum atomic E-state index is 0.557. The van der Waals surface area contributed by atoms with E-state index in [-0.39, 0.29) is 0 Å². The fraction of sp³-hybridized carbons (Fsp3) is 0.273. The minimum absolute atomic E-state index is 0.557. The Morgan fingerprint density at radius 3 is 2.38 bits per heavy atom. The van der Waals surface area contributed by atoms with Crippen LogP contribution >= 0.6 is 0 Å². The van der Waals surface area contributed by atoms with Gasteiger partial charge in [-0.25, -0.2) is 0 Å². The van der Waals surface area contributed by atoms with Gasteiger partial charge in [0.1, 0.15) is 12.4 Å². The van der Waals surface area contributed by atoms with Crippen LogP contribution in [0.1, 0.15) is 0 Å². The van der Waals surface area contributed by atoms with Crippen molar-refractivity contribution in [2.24, 2.45) is 0 Å². The van der Waals surface area contributed by atoms with Crippen molar-refractivity contribution in [1.82, 2.24) is 0 Å². The quantitative estimate of drug-likeness (QED) is 0.654. The second kappa shape index (κ2) is 4.55. The van der Waals surface area contributed by atoms with E-state index in [9.17, 15) is 0 Å². The van der Waals surface area contributed by atoms with Crippen LogP contribution in [0.3, 0.4) is 0 Å². The smallest absolute Gasteiger partial charge is 0.119 e. The van der Waals surface area contributed by atoms with Crippen LogP contribution in [0, 0.1) is 0 Å². The summed E-state index contributed by atoms with van der Waals surface area (Å²) in [5, 5.41) is 0. The molecule has 0 N–H and O–H groups in total. The molecule has 1 rings (SSSR count). The molecule has 2 heteroatoms. The lowest BCUT2D eigenvalue weighted by molar-refractivity contribution is 0.363. The lowest BCUT2D eigenvalue weighted by Gasteiger charge is -2.12. The predicted molar refractivity (Wildman–Crippen MR) is 56.5 cm³/mol. The summed E-state index contributed by atoms with van der Waals surface area (Å²) in [7, 11) is 4.03. The Balaban J connectivity index is 2.64. The van der Waals surface area contributed by atoms with Crippen LogP contribution in [0.15, 0.2) is 36.9 Å². The van der Waals surface area contributed by atoms with E-state index in [1.807, 2.05) is 38.4 Å². The van der Waals surface area contributed by atoms with E-state index < -0.39 is 0 Å². The first-order chi connectivity index (χ1) is 6.24. The zero-order valence-corrected chi connectivity index (χ0v) is 8.16. The Bertz CT molecular complexity index is 264. The molecule has 0 aliphatic rings. The summed E-state index contributed by atoms with van der Waals surface area (Å²) in [6.07, 6.45) is 1.74. The van der Waals surface area contributed by atoms with Crippen molar-refractivity contribution < 1.29 is 4.74 Å². The van der Waals surface area contributed by atoms with E-state index in [4.69, 9.17) is 4.74 Å². The van der Waals surface area contributed by atoms with Crippen molar-refractivity contribution in [3.05, 3.63) is 36.9 Å². The molecule has 0 aliphatic heterocycles. The van der Waals surface area contributed by atoms with Gasteiger partial charge >= 0.3 is 0 Å². The number of nitrogens with zero attached hydrogens (tertiary/aromatic N) is 1. The molecule has 0 atom stereocenters. The van der Waals surface area contributed by atoms with Gasteiger partial charge < -0.3 is 9.64 Å². The highest BCUT2D eigenvalue weighted by Crippen LogP contribution is 2.17. The highest BCUT2D eigenvalue weighted by molar-refractivity contribution is 5.47. The number of anilines is 1. The van der Waals surface area contributed by atoms with Crippen LogP contribution in [0.2, 0.25) is 0 Å². The van der Waals surface area contributed by atoms with Crippen LogP contribution < -0.4 is 9.64 Å². The van der Waals surface area contributed by atoms with Crippen LogP contribution in [0.5, 0.6) is 5.75 Å². The summed E-state index contributed by atoms with van der Waals surface area (Å²) < 4.78 is 5.35. The number of hydrogen-bond donors (Lipinski definition) is 0. The topological polar surface area (TPSA) is 12.5 Å². The molecule has 0 saturated carbocycles. The summed E-state index contributed by atoms with van der Waals surface area (Å²) in [4.78, 5) is 2.05. The summed E-state index contributed by atoms with van der Waals surface area (Å²) in [6.45, 7) is 4.15. The molecule has 0 aliphatic carbocycles. The molecule has 0 spiro atoms. The molecular weight excluding hydrogens is 162 g/mol. The number of rotatable bonds is 4. The Morgan fingerprint density at radius 2 is 1.92 bits per heavy atom. The summed E-state index contributed by atoms with van der Waals surface area (Å²) in [5.41, 5.74) is 1.17. The molecule has 70 valence electrons. The number of ether oxygens (including phenoxy) is 1. The molecule has 2 nitrogen and oxygen atoms in total. The van der Waals surface area contributed by atoms with Crippen LogP contribution in [0.25, 0.3) is 0 Å². The number of benzene rings is 1. The van der Waals surface area contributed by atoms with Crippen molar-refractivity contribution in [2.75, 3.05) is 25.6 Å². The second-order valence-corrected chi connectivity index (χ2v) is 2.99. The molecule has 0 fully saturated rings. The highest BCUT2D eigenvalue weighted by atomic mass is 16.5. The van der Waals surface area contributed by atoms with Crippen LogP contribution in [0.4, 0.5) is 5.69 Å². The van der Waals surface area contributed by atoms with Gasteiger partial charge in [-0.2, -0.15) is 0 Å². The van der Waals surface area contributed by atoms with E-state index in [1.54, 1.807) is 6.08 Å². The van der Waals surface area contributed by atoms with Crippen LogP contribution in [-0.2, 0) is 0 Å². The third-order valence-electron chi connectivity index (χ3n) is 1.72. The van der Waals surface area contributed by atoms with Gasteiger partial charge in [0.05, 0.1) is 0 Å². The van der Waals surface area contributed by atoms with Crippen molar-refractivity contribution in [3.8, 4) is 5.75 Å². The zero-order valence-electron chi connectivity index (χ0n) is 8.16. The van der Waals surface area contributed by atoms with E-state index in [0.717, 1.165) is 5.75 Å². The van der Waals surface area contributed by atoms with Crippen LogP contribution in [-0.4, -0.2) is 20.7 Å². The predicted octanol–water partition coefficient (Wildman–Crippen LogP) is 2.32. The molecule has 1 aromatic carbocycles. The average Bonchev–Trinajstić information content (AvgIpc) is 2.15. The second-order valence-electron chi connectivity index (χ2n) is 2.99. The molecule has 0 saturated heterocycles. The van der Waals surface area contributed by atoms with Crippen molar-refractivity contribution in [3.63, 3.8) is 0 Å². The first-order valence-corrected chi connectivity index (χ1v) is 4.25. The molecule has 0 bridgehead atoms. The molecule has 1 aromatic rings. The van der Waals surface area contributed by atoms with Crippen molar-refractivity contribution in [1.29, 1.82) is 0 Å². The largest absolute Gasteiger partial charge is 0.490 e. The van der Waals surface area contributed by atoms with E-state index >= 15 is 0 Å². The van der Waals surface area contributed by atoms with Gasteiger partial charge in [-0.05, 0) is 24.3 Å². The normalized spacial score (nSPS) is 9.38. The lowest BCUT2D eigenvalue weighted by Crippen LogP contribution is -2.08. The Kier molecular flexibility index (Phi) is 3.38. The molecule has 0 radical (unpaired) electrons. The van der Waals surface area contributed by atoms with Gasteiger partial charge in [0.25, 0.3) is 0 Å². The standard InChI is InChI=1S/C11H15NO/c1-4-9-13-11-7-5-10(6-8-11)12(2)3/h4-8H,1,9H2,2-3H3. The van der Waals surface area contributed by atoms with Crippen molar-refractivity contribution >= 4 is 5.69 Å². The maximum absolute atomic E-state index is 5.35. The third-order valence-corrected chi connectivity index (χ3v) is 1.72. The SMILES string of the molecule is C=CCOc1ccc(N(C)C)cc1. The van der Waals surface area contributed by atoms with E-state index in [2.05, 4.69) is 11.5 Å². The number of hydrogen-bond acceptors (Lipinski definition) is 2. The average molecular weight is 177 g/mol. The fourth-order valence-electron chi connectivity index (χ4n) is 0.996. The fourth-order valence-corrected chi connectivity index (χ4v) is 0.996. The maximum Gasteiger partial charge on any atom is 0.119 e. The highest BCUT2D eigenvalue weighted by Gasteiger charge is 1.95. The minimum Gasteiger partial charge on any atom is -0.490 e. The van der Waals surface area contributed by atoms with Gasteiger partial charge in [-0.3, -0.25) is 0 Å². The molecule has 0 heterocycles. The maximum atomic E-state index is 5.35. The Labute approximate surface area is 79.4 Å². The molecule has 13 heavy (non-hydrogen) atoms. The molecule has 0 amide bonds. The van der Waals surface area contributed by atoms with E-state index in [0.29, 0.717) is 6.61 Å². The van der Waals surface area contributed by atoms with Gasteiger partial charge in [-0.15, -0.1) is 0 Å². The van der Waals surface area contributed by atoms with Crippen molar-refractivity contribution in [2.45, 2.75) is 0 Å². The summed E-state index contributed by atoms with van der Waals surface area (Å²) >= 11 is 0. The molecular formula is C11H15NO. The van der Waals surface area contributed by atoms with Gasteiger partial charge in [-0.1, -0.05) is 12.7 Å². The zero-order chi connectivity index (χ0) is 9.68. The molecule has 0 unspecified atom stereocenters. The van der Waals surface area contributed by atoms with E-state index in [1.165, 1.54) is 5.69 Å². The first-order valence-electron chi connectivity index (χ1n) is 4.25. The lowest BCUT2D eigenvalue weighted by atomic mass is 10.3. The molecule has 0 aromatic heterocycles. The summed E-state index contributed by atoms with van der Waals surface area (Å²) in [6, 6.07) is 7.97.